The summed E-state index contributed by atoms with van der Waals surface area (Å²) in [6.45, 7) is 10.1. The Balaban J connectivity index is 1.60. The molecule has 4 atom stereocenters. The summed E-state index contributed by atoms with van der Waals surface area (Å²) >= 11 is 0. The second-order valence-corrected chi connectivity index (χ2v) is 8.31. The zero-order valence-corrected chi connectivity index (χ0v) is 17.3. The highest BCUT2D eigenvalue weighted by molar-refractivity contribution is 6.24. The lowest BCUT2D eigenvalue weighted by atomic mass is 9.85. The minimum absolute atomic E-state index is 0.0292. The monoisotopic (exact) mass is 378 g/mol. The molecule has 0 aliphatic carbocycles. The Labute approximate surface area is 168 Å². The molecule has 3 aliphatic heterocycles. The van der Waals surface area contributed by atoms with Crippen molar-refractivity contribution in [3.05, 3.63) is 29.3 Å². The fourth-order valence-corrected chi connectivity index (χ4v) is 4.80. The third kappa shape index (κ3) is 3.20. The van der Waals surface area contributed by atoms with E-state index in [1.807, 2.05) is 30.9 Å². The fourth-order valence-electron chi connectivity index (χ4n) is 4.80. The van der Waals surface area contributed by atoms with Gasteiger partial charge in [0.15, 0.2) is 0 Å². The summed E-state index contributed by atoms with van der Waals surface area (Å²) in [5.41, 5.74) is 6.92. The summed E-state index contributed by atoms with van der Waals surface area (Å²) in [5.74, 6) is 6.66. The van der Waals surface area contributed by atoms with Crippen molar-refractivity contribution in [2.24, 2.45) is 11.0 Å². The zero-order valence-electron chi connectivity index (χ0n) is 17.3. The first-order valence-corrected chi connectivity index (χ1v) is 10.5. The molecule has 1 fully saturated rings. The molecule has 5 nitrogen and oxygen atoms in total. The lowest BCUT2D eigenvalue weighted by Gasteiger charge is -2.37. The predicted octanol–water partition coefficient (Wildman–Crippen LogP) is 2.98. The minimum atomic E-state index is -0.203. The van der Waals surface area contributed by atoms with E-state index >= 15 is 0 Å². The van der Waals surface area contributed by atoms with Crippen LogP contribution in [-0.2, 0) is 4.79 Å². The third-order valence-corrected chi connectivity index (χ3v) is 6.47. The number of carbonyl (C=O) groups is 1. The first kappa shape index (κ1) is 19.0. The molecule has 1 aromatic rings. The highest BCUT2D eigenvalue weighted by atomic mass is 16.2. The zero-order chi connectivity index (χ0) is 19.8. The van der Waals surface area contributed by atoms with Crippen LogP contribution >= 0.6 is 0 Å². The Morgan fingerprint density at radius 2 is 1.96 bits per heavy atom. The maximum Gasteiger partial charge on any atom is 0.238 e. The van der Waals surface area contributed by atoms with Crippen molar-refractivity contribution in [3.8, 4) is 11.8 Å². The van der Waals surface area contributed by atoms with Crippen LogP contribution in [0.15, 0.2) is 23.3 Å². The van der Waals surface area contributed by atoms with E-state index in [2.05, 4.69) is 47.2 Å². The van der Waals surface area contributed by atoms with Crippen LogP contribution in [0.1, 0.15) is 58.1 Å². The maximum atomic E-state index is 12.9. The molecule has 0 spiro atoms. The summed E-state index contributed by atoms with van der Waals surface area (Å²) in [7, 11) is 0. The average Bonchev–Trinajstić information content (AvgIpc) is 3.07. The molecule has 0 radical (unpaired) electrons. The summed E-state index contributed by atoms with van der Waals surface area (Å²) in [6, 6.07) is 7.39. The van der Waals surface area contributed by atoms with Gasteiger partial charge in [0.25, 0.3) is 0 Å². The number of nitrogens with one attached hydrogen (secondary N) is 1. The molecule has 3 aliphatic rings. The van der Waals surface area contributed by atoms with Crippen molar-refractivity contribution in [2.45, 2.75) is 65.1 Å². The number of hydrogen-bond acceptors (Lipinski definition) is 4. The van der Waals surface area contributed by atoms with Gasteiger partial charge >= 0.3 is 0 Å². The lowest BCUT2D eigenvalue weighted by molar-refractivity contribution is -0.120. The molecular formula is C23H30N4O. The average molecular weight is 379 g/mol. The van der Waals surface area contributed by atoms with E-state index in [0.29, 0.717) is 18.6 Å². The van der Waals surface area contributed by atoms with Crippen LogP contribution in [0, 0.1) is 17.8 Å². The number of hydrazone groups is 1. The van der Waals surface area contributed by atoms with Gasteiger partial charge in [-0.05, 0) is 58.7 Å². The molecule has 4 rings (SSSR count). The SMILES string of the molecule is CCN1C(=O)C2C(=NNC2C)c2cc(C#CCN3[C@H](C)CCC[C@@H]3C)ccc21. The molecule has 3 heterocycles. The van der Waals surface area contributed by atoms with Crippen LogP contribution < -0.4 is 10.3 Å². The molecule has 0 bridgehead atoms. The van der Waals surface area contributed by atoms with Gasteiger partial charge < -0.3 is 10.3 Å². The number of anilines is 1. The number of amides is 1. The van der Waals surface area contributed by atoms with E-state index in [1.165, 1.54) is 19.3 Å². The van der Waals surface area contributed by atoms with Crippen LogP contribution in [0.3, 0.4) is 0 Å². The Bertz CT molecular complexity index is 855. The second-order valence-electron chi connectivity index (χ2n) is 8.31. The molecule has 1 N–H and O–H groups in total. The number of fused-ring (bicyclic) bond motifs is 3. The molecule has 1 saturated heterocycles. The van der Waals surface area contributed by atoms with Crippen LogP contribution in [0.2, 0.25) is 0 Å². The smallest absolute Gasteiger partial charge is 0.238 e. The number of carbonyl (C=O) groups excluding carboxylic acids is 1. The van der Waals surface area contributed by atoms with E-state index in [1.54, 1.807) is 0 Å². The van der Waals surface area contributed by atoms with Gasteiger partial charge in [-0.15, -0.1) is 0 Å². The fraction of sp³-hybridized carbons (Fsp3) is 0.565. The summed E-state index contributed by atoms with van der Waals surface area (Å²) in [4.78, 5) is 17.3. The summed E-state index contributed by atoms with van der Waals surface area (Å²) in [5, 5.41) is 4.48. The highest BCUT2D eigenvalue weighted by Crippen LogP contribution is 2.35. The van der Waals surface area contributed by atoms with Gasteiger partial charge in [0.2, 0.25) is 5.91 Å². The second kappa shape index (κ2) is 7.60. The first-order chi connectivity index (χ1) is 13.5. The van der Waals surface area contributed by atoms with Gasteiger partial charge in [0.1, 0.15) is 5.92 Å². The predicted molar refractivity (Wildman–Crippen MR) is 113 cm³/mol. The molecule has 1 amide bonds. The molecule has 5 heteroatoms. The number of piperidine rings is 1. The van der Waals surface area contributed by atoms with Crippen molar-refractivity contribution in [3.63, 3.8) is 0 Å². The van der Waals surface area contributed by atoms with Gasteiger partial charge in [0.05, 0.1) is 24.0 Å². The standard InChI is InChI=1S/C23H30N4O/c1-5-26-20-12-11-18(10-7-13-27-15(2)8-6-9-16(27)3)14-19(20)22-21(23(26)28)17(4)24-25-22/h11-12,14-17,21,24H,5-6,8-9,13H2,1-4H3/t15-,16+,17?,21?. The van der Waals surface area contributed by atoms with Crippen molar-refractivity contribution in [1.29, 1.82) is 0 Å². The van der Waals surface area contributed by atoms with Crippen LogP contribution in [0.25, 0.3) is 0 Å². The van der Waals surface area contributed by atoms with Crippen molar-refractivity contribution in [1.82, 2.24) is 10.3 Å². The van der Waals surface area contributed by atoms with Gasteiger partial charge in [-0.2, -0.15) is 5.10 Å². The third-order valence-electron chi connectivity index (χ3n) is 6.47. The van der Waals surface area contributed by atoms with E-state index in [-0.39, 0.29) is 17.9 Å². The number of hydrogen-bond donors (Lipinski definition) is 1. The van der Waals surface area contributed by atoms with Gasteiger partial charge in [0, 0.05) is 29.8 Å². The Hall–Kier alpha value is -2.32. The molecule has 148 valence electrons. The number of benzene rings is 1. The summed E-state index contributed by atoms with van der Waals surface area (Å²) < 4.78 is 0. The van der Waals surface area contributed by atoms with E-state index in [4.69, 9.17) is 0 Å². The number of rotatable bonds is 2. The topological polar surface area (TPSA) is 47.9 Å². The highest BCUT2D eigenvalue weighted by Gasteiger charge is 2.43. The van der Waals surface area contributed by atoms with Crippen molar-refractivity contribution in [2.75, 3.05) is 18.0 Å². The van der Waals surface area contributed by atoms with Crippen molar-refractivity contribution >= 4 is 17.3 Å². The van der Waals surface area contributed by atoms with Crippen LogP contribution in [-0.4, -0.2) is 47.7 Å². The largest absolute Gasteiger partial charge is 0.311 e. The van der Waals surface area contributed by atoms with Gasteiger partial charge in [-0.25, -0.2) is 0 Å². The maximum absolute atomic E-state index is 12.9. The Kier molecular flexibility index (Phi) is 5.16. The normalized spacial score (nSPS) is 29.4. The van der Waals surface area contributed by atoms with Crippen molar-refractivity contribution < 1.29 is 4.79 Å². The Morgan fingerprint density at radius 1 is 1.21 bits per heavy atom. The first-order valence-electron chi connectivity index (χ1n) is 10.5. The number of likely N-dealkylation sites (tertiary alicyclic amines) is 1. The van der Waals surface area contributed by atoms with E-state index in [0.717, 1.165) is 29.1 Å². The molecule has 28 heavy (non-hydrogen) atoms. The minimum Gasteiger partial charge on any atom is -0.311 e. The molecule has 0 saturated carbocycles. The van der Waals surface area contributed by atoms with Gasteiger partial charge in [-0.3, -0.25) is 9.69 Å². The van der Waals surface area contributed by atoms with Gasteiger partial charge in [-0.1, -0.05) is 18.3 Å². The molecule has 1 aromatic carbocycles. The molecule has 0 aromatic heterocycles. The lowest BCUT2D eigenvalue weighted by Crippen LogP contribution is -2.47. The Morgan fingerprint density at radius 3 is 2.68 bits per heavy atom. The summed E-state index contributed by atoms with van der Waals surface area (Å²) in [6.07, 6.45) is 3.84. The van der Waals surface area contributed by atoms with Crippen LogP contribution in [0.4, 0.5) is 5.69 Å². The molecular weight excluding hydrogens is 348 g/mol. The van der Waals surface area contributed by atoms with Crippen LogP contribution in [0.5, 0.6) is 0 Å². The quantitative estimate of drug-likeness (QED) is 0.805. The number of nitrogens with zero attached hydrogens (tertiary/aromatic N) is 3. The van der Waals surface area contributed by atoms with E-state index < -0.39 is 0 Å². The molecule has 2 unspecified atom stereocenters. The van der Waals surface area contributed by atoms with E-state index in [9.17, 15) is 4.79 Å².